The van der Waals surface area contributed by atoms with Crippen molar-refractivity contribution in [3.63, 3.8) is 0 Å². The molecule has 0 radical (unpaired) electrons. The number of carbonyl (C=O) groups is 1. The minimum atomic E-state index is -0.384. The van der Waals surface area contributed by atoms with E-state index in [-0.39, 0.29) is 12.1 Å². The third kappa shape index (κ3) is 13.3. The van der Waals surface area contributed by atoms with E-state index in [9.17, 15) is 4.79 Å². The molecule has 0 saturated carbocycles. The fraction of sp³-hybridized carbons (Fsp3) is 0.364. The summed E-state index contributed by atoms with van der Waals surface area (Å²) in [6.07, 6.45) is 3.04. The van der Waals surface area contributed by atoms with Crippen molar-refractivity contribution in [2.24, 2.45) is 0 Å². The van der Waals surface area contributed by atoms with Crippen LogP contribution in [0.3, 0.4) is 0 Å². The van der Waals surface area contributed by atoms with Crippen LogP contribution < -0.4 is 0 Å². The summed E-state index contributed by atoms with van der Waals surface area (Å²) in [7, 11) is 0. The number of esters is 1. The maximum absolute atomic E-state index is 10.3. The average Bonchev–Trinajstić information content (AvgIpc) is 3.02. The Morgan fingerprint density at radius 3 is 2.29 bits per heavy atom. The lowest BCUT2D eigenvalue weighted by Gasteiger charge is -1.94. The monoisotopic (exact) mass is 198 g/mol. The van der Waals surface area contributed by atoms with Gasteiger partial charge in [-0.15, -0.1) is 19.7 Å². The molecule has 1 atom stereocenters. The first-order valence-corrected chi connectivity index (χ1v) is 4.22. The van der Waals surface area contributed by atoms with Gasteiger partial charge in [-0.1, -0.05) is 12.7 Å². The second-order valence-electron chi connectivity index (χ2n) is 2.20. The molecular weight excluding hydrogens is 180 g/mol. The van der Waals surface area contributed by atoms with E-state index in [0.29, 0.717) is 13.2 Å². The van der Waals surface area contributed by atoms with Crippen molar-refractivity contribution < 1.29 is 14.3 Å². The van der Waals surface area contributed by atoms with Crippen LogP contribution in [0, 0.1) is 0 Å². The Hall–Kier alpha value is -1.35. The van der Waals surface area contributed by atoms with Crippen molar-refractivity contribution in [2.75, 3.05) is 13.2 Å². The molecule has 0 N–H and O–H groups in total. The summed E-state index contributed by atoms with van der Waals surface area (Å²) in [4.78, 5) is 10.3. The largest absolute Gasteiger partial charge is 0.460 e. The molecule has 1 heterocycles. The van der Waals surface area contributed by atoms with Crippen LogP contribution >= 0.6 is 0 Å². The molecule has 0 amide bonds. The van der Waals surface area contributed by atoms with E-state index in [1.165, 1.54) is 0 Å². The Morgan fingerprint density at radius 2 is 2.00 bits per heavy atom. The van der Waals surface area contributed by atoms with Gasteiger partial charge in [0.2, 0.25) is 0 Å². The van der Waals surface area contributed by atoms with Gasteiger partial charge in [-0.25, -0.2) is 4.79 Å². The maximum Gasteiger partial charge on any atom is 0.330 e. The lowest BCUT2D eigenvalue weighted by molar-refractivity contribution is -0.138. The molecule has 1 saturated heterocycles. The Balaban J connectivity index is 0. The molecule has 1 unspecified atom stereocenters. The molecule has 1 aliphatic heterocycles. The second kappa shape index (κ2) is 11.6. The fourth-order valence-electron chi connectivity index (χ4n) is 0.398. The zero-order chi connectivity index (χ0) is 11.4. The molecular formula is C11H18O3. The third-order valence-corrected chi connectivity index (χ3v) is 0.981. The summed E-state index contributed by atoms with van der Waals surface area (Å²) < 4.78 is 9.42. The fourth-order valence-corrected chi connectivity index (χ4v) is 0.398. The van der Waals surface area contributed by atoms with E-state index in [2.05, 4.69) is 31.1 Å². The van der Waals surface area contributed by atoms with Crippen LogP contribution in [0.4, 0.5) is 0 Å². The molecule has 1 rings (SSSR count). The molecule has 1 aliphatic rings. The predicted molar refractivity (Wildman–Crippen MR) is 58.0 cm³/mol. The van der Waals surface area contributed by atoms with Crippen LogP contribution in [0.1, 0.15) is 6.92 Å². The van der Waals surface area contributed by atoms with Gasteiger partial charge in [0.1, 0.15) is 12.7 Å². The molecule has 3 nitrogen and oxygen atoms in total. The highest BCUT2D eigenvalue weighted by Crippen LogP contribution is 2.08. The van der Waals surface area contributed by atoms with Gasteiger partial charge in [-0.3, -0.25) is 0 Å². The summed E-state index contributed by atoms with van der Waals surface area (Å²) >= 11 is 0. The lowest BCUT2D eigenvalue weighted by Crippen LogP contribution is -2.06. The van der Waals surface area contributed by atoms with E-state index in [1.54, 1.807) is 6.08 Å². The summed E-state index contributed by atoms with van der Waals surface area (Å²) in [6, 6.07) is 0. The number of allylic oxidation sites excluding steroid dienone is 1. The first kappa shape index (κ1) is 15.1. The van der Waals surface area contributed by atoms with Gasteiger partial charge in [0.25, 0.3) is 0 Å². The number of epoxide rings is 1. The van der Waals surface area contributed by atoms with Crippen LogP contribution in [0.5, 0.6) is 0 Å². The standard InChI is InChI=1S/C6H8O3.C3H6.C2H4/c1-2-6(7)9-4-5-3-8-5;1-3-2;1-2/h2,5H,1,3-4H2;3H,1H2,2H3;1-2H2. The Labute approximate surface area is 85.7 Å². The molecule has 0 bridgehead atoms. The van der Waals surface area contributed by atoms with Gasteiger partial charge in [0.05, 0.1) is 6.61 Å². The molecule has 0 aromatic carbocycles. The summed E-state index contributed by atoms with van der Waals surface area (Å²) in [5, 5.41) is 0. The van der Waals surface area contributed by atoms with Gasteiger partial charge in [0, 0.05) is 6.08 Å². The van der Waals surface area contributed by atoms with Crippen LogP contribution in [0.25, 0.3) is 0 Å². The van der Waals surface area contributed by atoms with E-state index in [1.807, 2.05) is 6.92 Å². The zero-order valence-corrected chi connectivity index (χ0v) is 8.70. The van der Waals surface area contributed by atoms with Gasteiger partial charge in [0.15, 0.2) is 0 Å². The van der Waals surface area contributed by atoms with Crippen LogP contribution in [-0.2, 0) is 14.3 Å². The lowest BCUT2D eigenvalue weighted by atomic mass is 10.5. The molecule has 0 aromatic heterocycles. The van der Waals surface area contributed by atoms with Crippen molar-refractivity contribution in [3.8, 4) is 0 Å². The highest BCUT2D eigenvalue weighted by molar-refractivity contribution is 5.81. The summed E-state index contributed by atoms with van der Waals surface area (Å²) in [5.74, 6) is -0.384. The molecule has 0 spiro atoms. The number of hydrogen-bond acceptors (Lipinski definition) is 3. The minimum Gasteiger partial charge on any atom is -0.460 e. The molecule has 14 heavy (non-hydrogen) atoms. The van der Waals surface area contributed by atoms with Crippen molar-refractivity contribution >= 4 is 5.97 Å². The second-order valence-corrected chi connectivity index (χ2v) is 2.20. The summed E-state index contributed by atoms with van der Waals surface area (Å²) in [5.41, 5.74) is 0. The van der Waals surface area contributed by atoms with Gasteiger partial charge in [-0.05, 0) is 6.92 Å². The van der Waals surface area contributed by atoms with Crippen molar-refractivity contribution in [1.29, 1.82) is 0 Å². The number of carbonyl (C=O) groups excluding carboxylic acids is 1. The zero-order valence-electron chi connectivity index (χ0n) is 8.70. The smallest absolute Gasteiger partial charge is 0.330 e. The van der Waals surface area contributed by atoms with E-state index in [4.69, 9.17) is 4.74 Å². The van der Waals surface area contributed by atoms with Crippen LogP contribution in [0.2, 0.25) is 0 Å². The van der Waals surface area contributed by atoms with E-state index in [0.717, 1.165) is 6.08 Å². The highest BCUT2D eigenvalue weighted by Gasteiger charge is 2.23. The maximum atomic E-state index is 10.3. The number of ether oxygens (including phenoxy) is 2. The Kier molecular flexibility index (Phi) is 12.6. The normalized spacial score (nSPS) is 15.9. The van der Waals surface area contributed by atoms with Crippen molar-refractivity contribution in [3.05, 3.63) is 38.5 Å². The topological polar surface area (TPSA) is 38.8 Å². The van der Waals surface area contributed by atoms with Gasteiger partial charge in [-0.2, -0.15) is 0 Å². The number of hydrogen-bond donors (Lipinski definition) is 0. The quantitative estimate of drug-likeness (QED) is 0.302. The number of rotatable bonds is 3. The molecule has 1 fully saturated rings. The van der Waals surface area contributed by atoms with E-state index < -0.39 is 0 Å². The van der Waals surface area contributed by atoms with Gasteiger partial charge >= 0.3 is 5.97 Å². The first-order valence-electron chi connectivity index (χ1n) is 4.22. The SMILES string of the molecule is C=C.C=CC.C=CC(=O)OCC1CO1. The highest BCUT2D eigenvalue weighted by atomic mass is 16.6. The first-order chi connectivity index (χ1) is 6.74. The molecule has 0 aromatic rings. The van der Waals surface area contributed by atoms with Crippen molar-refractivity contribution in [1.82, 2.24) is 0 Å². The van der Waals surface area contributed by atoms with Crippen molar-refractivity contribution in [2.45, 2.75) is 13.0 Å². The predicted octanol–water partition coefficient (Wildman–Crippen LogP) is 2.11. The Bertz CT molecular complexity index is 171. The van der Waals surface area contributed by atoms with Crippen LogP contribution in [-0.4, -0.2) is 25.3 Å². The minimum absolute atomic E-state index is 0.147. The summed E-state index contributed by atoms with van der Waals surface area (Å²) in [6.45, 7) is 15.6. The molecule has 0 aliphatic carbocycles. The van der Waals surface area contributed by atoms with E-state index >= 15 is 0 Å². The molecule has 3 heteroatoms. The van der Waals surface area contributed by atoms with Gasteiger partial charge < -0.3 is 9.47 Å². The van der Waals surface area contributed by atoms with Crippen LogP contribution in [0.15, 0.2) is 38.5 Å². The Morgan fingerprint density at radius 1 is 1.57 bits per heavy atom. The average molecular weight is 198 g/mol. The molecule has 80 valence electrons. The third-order valence-electron chi connectivity index (χ3n) is 0.981.